The summed E-state index contributed by atoms with van der Waals surface area (Å²) in [5.41, 5.74) is -1.91. The van der Waals surface area contributed by atoms with E-state index in [1.165, 1.54) is 12.4 Å². The minimum atomic E-state index is -4.79. The number of H-pyrrole nitrogens is 1. The molecule has 1 amide bonds. The van der Waals surface area contributed by atoms with E-state index in [1.54, 1.807) is 0 Å². The van der Waals surface area contributed by atoms with E-state index >= 15 is 0 Å². The molecular formula is C22H22F3N9O3. The molecule has 0 spiro atoms. The van der Waals surface area contributed by atoms with Crippen molar-refractivity contribution in [2.45, 2.75) is 44.1 Å². The Morgan fingerprint density at radius 2 is 1.92 bits per heavy atom. The van der Waals surface area contributed by atoms with Crippen molar-refractivity contribution in [3.8, 4) is 6.07 Å². The maximum Gasteiger partial charge on any atom is 0.435 e. The lowest BCUT2D eigenvalue weighted by Crippen LogP contribution is -2.40. The highest BCUT2D eigenvalue weighted by molar-refractivity contribution is 5.80. The molecule has 2 aliphatic heterocycles. The summed E-state index contributed by atoms with van der Waals surface area (Å²) in [6, 6.07) is 2.13. The van der Waals surface area contributed by atoms with Gasteiger partial charge >= 0.3 is 6.18 Å². The first-order valence-electron chi connectivity index (χ1n) is 11.7. The van der Waals surface area contributed by atoms with E-state index < -0.39 is 22.8 Å². The fourth-order valence-corrected chi connectivity index (χ4v) is 5.03. The van der Waals surface area contributed by atoms with Crippen molar-refractivity contribution in [3.05, 3.63) is 40.2 Å². The van der Waals surface area contributed by atoms with Crippen molar-refractivity contribution in [2.75, 3.05) is 31.2 Å². The van der Waals surface area contributed by atoms with Gasteiger partial charge in [0.1, 0.15) is 11.5 Å². The number of nitrogens with zero attached hydrogens (tertiary/aromatic N) is 8. The average Bonchev–Trinajstić information content (AvgIpc) is 3.58. The number of ether oxygens (including phenoxy) is 1. The highest BCUT2D eigenvalue weighted by Crippen LogP contribution is 2.34. The van der Waals surface area contributed by atoms with E-state index in [9.17, 15) is 22.8 Å². The van der Waals surface area contributed by atoms with Crippen LogP contribution >= 0.6 is 0 Å². The summed E-state index contributed by atoms with van der Waals surface area (Å²) in [5, 5.41) is 17.4. The summed E-state index contributed by atoms with van der Waals surface area (Å²) < 4.78 is 46.4. The van der Waals surface area contributed by atoms with Crippen molar-refractivity contribution < 1.29 is 22.7 Å². The number of rotatable bonds is 7. The molecule has 0 unspecified atom stereocenters. The summed E-state index contributed by atoms with van der Waals surface area (Å²) in [7, 11) is 0. The number of aromatic nitrogens is 6. The fraction of sp³-hybridized carbons (Fsp3) is 0.500. The van der Waals surface area contributed by atoms with Crippen LogP contribution < -0.4 is 10.5 Å². The van der Waals surface area contributed by atoms with Crippen LogP contribution in [-0.4, -0.2) is 79.1 Å². The highest BCUT2D eigenvalue weighted by Gasteiger charge is 2.45. The number of nitrogens with one attached hydrogen (secondary N) is 1. The number of hydrogen-bond acceptors (Lipinski definition) is 9. The third-order valence-electron chi connectivity index (χ3n) is 6.67. The summed E-state index contributed by atoms with van der Waals surface area (Å²) in [5.74, 6) is 0.482. The van der Waals surface area contributed by atoms with Gasteiger partial charge < -0.3 is 14.5 Å². The SMILES string of the molecule is N#Cc1cnc(N2CC[C@@H]3[C@H]2CCN3C(=O)CCOCCn2nc(C(F)(F)F)c3c(=O)[nH]ncc32)nc1. The summed E-state index contributed by atoms with van der Waals surface area (Å²) in [6.07, 6.45) is 0.973. The Balaban J connectivity index is 1.13. The Kier molecular flexibility index (Phi) is 6.50. The minimum absolute atomic E-state index is 0.00399. The summed E-state index contributed by atoms with van der Waals surface area (Å²) in [6.45, 7) is 1.36. The van der Waals surface area contributed by atoms with Gasteiger partial charge in [-0.1, -0.05) is 0 Å². The van der Waals surface area contributed by atoms with E-state index in [-0.39, 0.29) is 49.7 Å². The maximum absolute atomic E-state index is 13.3. The first kappa shape index (κ1) is 24.6. The minimum Gasteiger partial charge on any atom is -0.379 e. The molecule has 3 aromatic rings. The Morgan fingerprint density at radius 1 is 1.16 bits per heavy atom. The molecule has 0 aromatic carbocycles. The second-order valence-corrected chi connectivity index (χ2v) is 8.77. The predicted octanol–water partition coefficient (Wildman–Crippen LogP) is 1.09. The van der Waals surface area contributed by atoms with E-state index in [0.717, 1.165) is 23.7 Å². The summed E-state index contributed by atoms with van der Waals surface area (Å²) in [4.78, 5) is 37.2. The molecule has 37 heavy (non-hydrogen) atoms. The molecule has 5 rings (SSSR count). The monoisotopic (exact) mass is 517 g/mol. The lowest BCUT2D eigenvalue weighted by molar-refractivity contribution is -0.140. The molecule has 15 heteroatoms. The fourth-order valence-electron chi connectivity index (χ4n) is 5.03. The maximum atomic E-state index is 13.3. The lowest BCUT2D eigenvalue weighted by atomic mass is 10.1. The molecule has 2 atom stereocenters. The molecule has 3 aromatic heterocycles. The molecule has 2 saturated heterocycles. The number of amides is 1. The third kappa shape index (κ3) is 4.71. The van der Waals surface area contributed by atoms with Crippen molar-refractivity contribution in [2.24, 2.45) is 0 Å². The van der Waals surface area contributed by atoms with Gasteiger partial charge in [0.2, 0.25) is 11.9 Å². The molecule has 5 heterocycles. The highest BCUT2D eigenvalue weighted by atomic mass is 19.4. The Morgan fingerprint density at radius 3 is 2.65 bits per heavy atom. The van der Waals surface area contributed by atoms with Gasteiger partial charge in [-0.2, -0.15) is 28.6 Å². The average molecular weight is 517 g/mol. The first-order chi connectivity index (χ1) is 17.8. The first-order valence-corrected chi connectivity index (χ1v) is 11.7. The van der Waals surface area contributed by atoms with Crippen molar-refractivity contribution in [3.63, 3.8) is 0 Å². The van der Waals surface area contributed by atoms with E-state index in [2.05, 4.69) is 25.1 Å². The van der Waals surface area contributed by atoms with Gasteiger partial charge in [-0.25, -0.2) is 15.1 Å². The van der Waals surface area contributed by atoms with Gasteiger partial charge in [-0.3, -0.25) is 14.3 Å². The second-order valence-electron chi connectivity index (χ2n) is 8.77. The van der Waals surface area contributed by atoms with Crippen LogP contribution in [0.4, 0.5) is 19.1 Å². The number of carbonyl (C=O) groups is 1. The number of likely N-dealkylation sites (tertiary alicyclic amines) is 1. The number of carbonyl (C=O) groups excluding carboxylic acids is 1. The van der Waals surface area contributed by atoms with Crippen LogP contribution in [0.5, 0.6) is 0 Å². The van der Waals surface area contributed by atoms with Crippen LogP contribution in [0.2, 0.25) is 0 Å². The number of hydrogen-bond donors (Lipinski definition) is 1. The zero-order chi connectivity index (χ0) is 26.2. The van der Waals surface area contributed by atoms with Crippen LogP contribution in [0.1, 0.15) is 30.5 Å². The lowest BCUT2D eigenvalue weighted by Gasteiger charge is -2.25. The Labute approximate surface area is 207 Å². The predicted molar refractivity (Wildman–Crippen MR) is 121 cm³/mol. The van der Waals surface area contributed by atoms with Gasteiger partial charge in [-0.05, 0) is 12.8 Å². The van der Waals surface area contributed by atoms with Crippen LogP contribution in [0.3, 0.4) is 0 Å². The standard InChI is InChI=1S/C22H22F3N9O3/c23-22(24,25)19-18-16(12-29-30-20(18)36)34(31-19)6-8-37-7-3-17(35)32-4-1-15-14(32)2-5-33(15)21-27-10-13(9-26)11-28-21/h10-12,14-15H,1-8H2,(H,30,36)/t14-,15-/m1/s1. The Bertz CT molecular complexity index is 1400. The van der Waals surface area contributed by atoms with Gasteiger partial charge in [-0.15, -0.1) is 0 Å². The van der Waals surface area contributed by atoms with Crippen LogP contribution in [0, 0.1) is 11.3 Å². The second kappa shape index (κ2) is 9.77. The molecule has 2 aliphatic rings. The molecule has 2 fully saturated rings. The van der Waals surface area contributed by atoms with E-state index in [0.29, 0.717) is 24.6 Å². The number of halogens is 3. The van der Waals surface area contributed by atoms with Crippen molar-refractivity contribution >= 4 is 22.8 Å². The van der Waals surface area contributed by atoms with Crippen molar-refractivity contribution in [1.29, 1.82) is 5.26 Å². The van der Waals surface area contributed by atoms with Crippen molar-refractivity contribution in [1.82, 2.24) is 34.8 Å². The topological polar surface area (TPSA) is 146 Å². The quantitative estimate of drug-likeness (QED) is 0.455. The van der Waals surface area contributed by atoms with Crippen LogP contribution in [0.15, 0.2) is 23.4 Å². The van der Waals surface area contributed by atoms with E-state index in [1.807, 2.05) is 16.1 Å². The number of anilines is 1. The zero-order valence-electron chi connectivity index (χ0n) is 19.5. The number of nitriles is 1. The number of alkyl halides is 3. The molecule has 12 nitrogen and oxygen atoms in total. The number of fused-ring (bicyclic) bond motifs is 2. The largest absolute Gasteiger partial charge is 0.435 e. The molecule has 0 radical (unpaired) electrons. The summed E-state index contributed by atoms with van der Waals surface area (Å²) >= 11 is 0. The van der Waals surface area contributed by atoms with Crippen LogP contribution in [0.25, 0.3) is 10.9 Å². The third-order valence-corrected chi connectivity index (χ3v) is 6.67. The molecule has 0 aliphatic carbocycles. The van der Waals surface area contributed by atoms with E-state index in [4.69, 9.17) is 10.00 Å². The Hall–Kier alpha value is -4.06. The number of aromatic amines is 1. The molecular weight excluding hydrogens is 495 g/mol. The smallest absolute Gasteiger partial charge is 0.379 e. The van der Waals surface area contributed by atoms with Gasteiger partial charge in [0.05, 0.1) is 67.9 Å². The normalized spacial score (nSPS) is 19.4. The molecule has 1 N–H and O–H groups in total. The van der Waals surface area contributed by atoms with Gasteiger partial charge in [0, 0.05) is 13.1 Å². The van der Waals surface area contributed by atoms with Gasteiger partial charge in [0.25, 0.3) is 5.56 Å². The van der Waals surface area contributed by atoms with Gasteiger partial charge in [0.15, 0.2) is 5.69 Å². The van der Waals surface area contributed by atoms with Crippen LogP contribution in [-0.2, 0) is 22.3 Å². The zero-order valence-corrected chi connectivity index (χ0v) is 19.5. The molecule has 0 bridgehead atoms. The molecule has 0 saturated carbocycles. The molecule has 194 valence electrons.